The van der Waals surface area contributed by atoms with Crippen LogP contribution in [0, 0.1) is 0 Å². The van der Waals surface area contributed by atoms with Crippen molar-refractivity contribution in [2.75, 3.05) is 0 Å². The molecule has 40 heavy (non-hydrogen) atoms. The zero-order valence-electron chi connectivity index (χ0n) is 31.8. The number of fused-ring (bicyclic) bond motifs is 2. The molecule has 0 aromatic carbocycles. The number of rotatable bonds is 6. The van der Waals surface area contributed by atoms with Gasteiger partial charge in [-0.15, -0.1) is 0 Å². The minimum absolute atomic E-state index is 0.558. The average Bonchev–Trinajstić information content (AvgIpc) is 3.21. The molecule has 3 rings (SSSR count). The van der Waals surface area contributed by atoms with Gasteiger partial charge in [-0.2, -0.15) is 0 Å². The molecule has 10 heteroatoms. The zero-order chi connectivity index (χ0) is 32.0. The Morgan fingerprint density at radius 1 is 0.350 bits per heavy atom. The van der Waals surface area contributed by atoms with Crippen LogP contribution in [-0.2, 0) is 0 Å². The van der Waals surface area contributed by atoms with Crippen molar-refractivity contribution in [2.24, 2.45) is 0 Å². The Bertz CT molecular complexity index is 962. The smallest absolute Gasteiger partial charge is 0.0481 e. The fourth-order valence-corrected chi connectivity index (χ4v) is 163. The largest absolute Gasteiger partial charge is 0.0711 e. The predicted molar refractivity (Wildman–Crippen MR) is 216 cm³/mol. The Balaban J connectivity index is 2.99. The molecule has 0 radical (unpaired) electrons. The third-order valence-electron chi connectivity index (χ3n) is 15.1. The second kappa shape index (κ2) is 9.38. The lowest BCUT2D eigenvalue weighted by molar-refractivity contribution is 0.755. The van der Waals surface area contributed by atoms with Crippen molar-refractivity contribution in [1.29, 1.82) is 0 Å². The van der Waals surface area contributed by atoms with Crippen LogP contribution in [0.15, 0.2) is 0 Å². The fourth-order valence-electron chi connectivity index (χ4n) is 13.8. The predicted octanol–water partition coefficient (Wildman–Crippen LogP) is 11.5. The van der Waals surface area contributed by atoms with E-state index in [1.54, 1.807) is 25.7 Å². The molecule has 2 fully saturated rings. The Morgan fingerprint density at radius 3 is 0.700 bits per heavy atom. The van der Waals surface area contributed by atoms with Gasteiger partial charge in [0.15, 0.2) is 0 Å². The molecule has 0 unspecified atom stereocenters. The lowest BCUT2D eigenvalue weighted by Crippen LogP contribution is -2.85. The molecule has 234 valence electrons. The molecule has 0 nitrogen and oxygen atoms in total. The summed E-state index contributed by atoms with van der Waals surface area (Å²) in [5.74, 6) is 0. The highest BCUT2D eigenvalue weighted by Gasteiger charge is 2.83. The fraction of sp³-hybridized carbons (Fsp3) is 1.00. The van der Waals surface area contributed by atoms with E-state index in [1.807, 2.05) is 0 Å². The molecule has 0 saturated carbocycles. The molecule has 3 heterocycles. The van der Waals surface area contributed by atoms with E-state index in [9.17, 15) is 0 Å². The highest BCUT2D eigenvalue weighted by atomic mass is 29.3. The van der Waals surface area contributed by atoms with Crippen molar-refractivity contribution in [1.82, 2.24) is 0 Å². The average molecular weight is 716 g/mol. The lowest BCUT2D eigenvalue weighted by Gasteiger charge is -2.73. The van der Waals surface area contributed by atoms with Crippen LogP contribution in [-0.4, -0.2) is 79.4 Å². The molecule has 0 spiro atoms. The van der Waals surface area contributed by atoms with Crippen molar-refractivity contribution in [3.05, 3.63) is 0 Å². The van der Waals surface area contributed by atoms with Crippen molar-refractivity contribution >= 4 is 79.4 Å². The van der Waals surface area contributed by atoms with Crippen LogP contribution in [0.2, 0.25) is 161 Å². The monoisotopic (exact) mass is 714 g/mol. The van der Waals surface area contributed by atoms with Gasteiger partial charge in [-0.25, -0.2) is 0 Å². The summed E-state index contributed by atoms with van der Waals surface area (Å²) < 4.78 is 3.34. The van der Waals surface area contributed by atoms with E-state index in [-0.39, 0.29) is 0 Å². The maximum absolute atomic E-state index is 3.11. The second-order valence-electron chi connectivity index (χ2n) is 22.1. The Morgan fingerprint density at radius 2 is 0.550 bits per heavy atom. The van der Waals surface area contributed by atoms with E-state index in [0.717, 1.165) is 17.1 Å². The van der Waals surface area contributed by atoms with Crippen molar-refractivity contribution in [3.63, 3.8) is 0 Å². The molecule has 3 aliphatic heterocycles. The van der Waals surface area contributed by atoms with Crippen LogP contribution >= 0.6 is 0 Å². The van der Waals surface area contributed by atoms with Gasteiger partial charge in [-0.3, -0.25) is 0 Å². The van der Waals surface area contributed by atoms with Crippen LogP contribution in [0.25, 0.3) is 0 Å². The van der Waals surface area contributed by atoms with Crippen molar-refractivity contribution in [2.45, 2.75) is 187 Å². The lowest BCUT2D eigenvalue weighted by atomic mass is 10.4. The van der Waals surface area contributed by atoms with Crippen molar-refractivity contribution < 1.29 is 0 Å². The van der Waals surface area contributed by atoms with Gasteiger partial charge < -0.3 is 0 Å². The Kier molecular flexibility index (Phi) is 8.59. The van der Waals surface area contributed by atoms with Gasteiger partial charge in [-0.1, -0.05) is 170 Å². The second-order valence-corrected chi connectivity index (χ2v) is 83.9. The number of hydrogen-bond acceptors (Lipinski definition) is 0. The first-order valence-corrected chi connectivity index (χ1v) is 48.9. The summed E-state index contributed by atoms with van der Waals surface area (Å²) in [5, 5.41) is 0. The van der Waals surface area contributed by atoms with Crippen LogP contribution < -0.4 is 0 Å². The van der Waals surface area contributed by atoms with Gasteiger partial charge in [0.25, 0.3) is 0 Å². The van der Waals surface area contributed by atoms with Gasteiger partial charge in [-0.05, 0) is 32.9 Å². The molecule has 3 aliphatic rings. The van der Waals surface area contributed by atoms with Gasteiger partial charge in [0, 0.05) is 63.6 Å². The molecule has 0 aliphatic carbocycles. The van der Waals surface area contributed by atoms with Crippen LogP contribution in [0.3, 0.4) is 0 Å². The van der Waals surface area contributed by atoms with E-state index in [4.69, 9.17) is 0 Å². The Labute approximate surface area is 264 Å². The van der Waals surface area contributed by atoms with Crippen molar-refractivity contribution in [3.8, 4) is 0 Å². The minimum Gasteiger partial charge on any atom is -0.0711 e. The molecule has 2 atom stereocenters. The third-order valence-corrected chi connectivity index (χ3v) is 113. The van der Waals surface area contributed by atoms with Gasteiger partial charge in [0.05, 0.1) is 0 Å². The molecular weight excluding hydrogens is 641 g/mol. The maximum Gasteiger partial charge on any atom is 0.0481 e. The summed E-state index contributed by atoms with van der Waals surface area (Å²) in [5.41, 5.74) is 0. The summed E-state index contributed by atoms with van der Waals surface area (Å²) in [6.45, 7) is 65.2. The molecule has 0 aromatic rings. The topological polar surface area (TPSA) is 0 Å². The van der Waals surface area contributed by atoms with Gasteiger partial charge in [0.1, 0.15) is 0 Å². The molecule has 0 amide bonds. The van der Waals surface area contributed by atoms with E-state index in [0.29, 0.717) is 0 Å². The first-order chi connectivity index (χ1) is 17.2. The van der Waals surface area contributed by atoms with Crippen LogP contribution in [0.5, 0.6) is 0 Å². The molecule has 0 aromatic heterocycles. The summed E-state index contributed by atoms with van der Waals surface area (Å²) in [4.78, 5) is 0. The molecule has 2 saturated heterocycles. The molecule has 0 bridgehead atoms. The quantitative estimate of drug-likeness (QED) is 0.240. The minimum atomic E-state index is -1.55. The molecule has 0 N–H and O–H groups in total. The summed E-state index contributed by atoms with van der Waals surface area (Å²) in [7, 11) is -12.9. The first-order valence-electron chi connectivity index (χ1n) is 16.9. The SMILES string of the molecule is C[Si](C)(C)C1([Si](C)(C)C)CC[C@]2([Si](C)(C)C)[Si]1=[Si]1C([Si](C)(C)C)([Si](C)(C)C)CC[C@@]1([Si](C)(C)C)[Si](C)(C)[Si]2(C)C. The van der Waals surface area contributed by atoms with E-state index in [1.165, 1.54) is 0 Å². The highest BCUT2D eigenvalue weighted by molar-refractivity contribution is 7.58. The van der Waals surface area contributed by atoms with Gasteiger partial charge in [0.2, 0.25) is 0 Å². The van der Waals surface area contributed by atoms with Crippen LogP contribution in [0.4, 0.5) is 0 Å². The van der Waals surface area contributed by atoms with E-state index >= 15 is 0 Å². The third kappa shape index (κ3) is 3.93. The standard InChI is InChI=1S/C30H74Si10/c1-33(2,3)27(34(4,5)6)23-25-29(37(13,14)15)31(27)32-28(35(7,8)9,36(10,11)12)24-26-30(32,38(16,17)18)40(21,22)39(29,19)20/h23-26H2,1-22H3/t29-,30-/m1/s1. The molecular formula is C30H74Si10. The number of hydrogen-bond donors (Lipinski definition) is 0. The normalized spacial score (nSPS) is 32.2. The van der Waals surface area contributed by atoms with E-state index < -0.39 is 79.4 Å². The highest BCUT2D eigenvalue weighted by Crippen LogP contribution is 2.80. The Hall–Kier alpha value is 2.17. The summed E-state index contributed by atoms with van der Waals surface area (Å²) in [6, 6.07) is 0. The maximum atomic E-state index is 3.11. The summed E-state index contributed by atoms with van der Waals surface area (Å²) in [6.07, 6.45) is 6.76. The first kappa shape index (κ1) is 36.6. The van der Waals surface area contributed by atoms with Crippen LogP contribution in [0.1, 0.15) is 25.7 Å². The zero-order valence-corrected chi connectivity index (χ0v) is 41.8. The van der Waals surface area contributed by atoms with E-state index in [2.05, 4.69) is 144 Å². The summed E-state index contributed by atoms with van der Waals surface area (Å²) >= 11 is 0. The van der Waals surface area contributed by atoms with Gasteiger partial charge >= 0.3 is 0 Å².